The molecule has 2 aromatic rings. The smallest absolute Gasteiger partial charge is 0.225 e. The maximum absolute atomic E-state index is 6.19. The average molecular weight is 324 g/mol. The lowest BCUT2D eigenvalue weighted by molar-refractivity contribution is -0.288. The SMILES string of the molecule is Clc1ncc(OC[C@@H]2CCCN2)cc1-c1ccc([ClH+])cc1. The van der Waals surface area contributed by atoms with Crippen LogP contribution < -0.4 is 10.1 Å². The van der Waals surface area contributed by atoms with Gasteiger partial charge in [0.2, 0.25) is 5.02 Å². The molecule has 0 unspecified atom stereocenters. The van der Waals surface area contributed by atoms with E-state index in [-0.39, 0.29) is 0 Å². The van der Waals surface area contributed by atoms with Gasteiger partial charge < -0.3 is 10.1 Å². The zero-order chi connectivity index (χ0) is 14.7. The summed E-state index contributed by atoms with van der Waals surface area (Å²) in [4.78, 5) is 4.22. The van der Waals surface area contributed by atoms with Crippen molar-refractivity contribution in [2.75, 3.05) is 13.2 Å². The van der Waals surface area contributed by atoms with Crippen LogP contribution in [-0.2, 0) is 0 Å². The highest BCUT2D eigenvalue weighted by atomic mass is 35.5. The Kier molecular flexibility index (Phi) is 4.63. The van der Waals surface area contributed by atoms with Crippen LogP contribution in [0.1, 0.15) is 12.8 Å². The predicted molar refractivity (Wildman–Crippen MR) is 81.8 cm³/mol. The van der Waals surface area contributed by atoms with Gasteiger partial charge in [-0.1, -0.05) is 11.6 Å². The Bertz CT molecular complexity index is 610. The van der Waals surface area contributed by atoms with Crippen molar-refractivity contribution in [2.24, 2.45) is 0 Å². The molecule has 0 radical (unpaired) electrons. The number of aromatic nitrogens is 1. The number of halogens is 2. The van der Waals surface area contributed by atoms with Crippen molar-refractivity contribution in [3.8, 4) is 16.9 Å². The van der Waals surface area contributed by atoms with Crippen LogP contribution >= 0.6 is 11.6 Å². The maximum Gasteiger partial charge on any atom is 0.225 e. The van der Waals surface area contributed by atoms with E-state index >= 15 is 0 Å². The molecule has 3 rings (SSSR count). The van der Waals surface area contributed by atoms with Crippen LogP contribution in [-0.4, -0.2) is 24.2 Å². The van der Waals surface area contributed by atoms with Gasteiger partial charge in [-0.2, -0.15) is 0 Å². The van der Waals surface area contributed by atoms with Crippen LogP contribution in [0.5, 0.6) is 5.75 Å². The number of hydrogen-bond acceptors (Lipinski definition) is 3. The van der Waals surface area contributed by atoms with Crippen molar-refractivity contribution in [2.45, 2.75) is 18.9 Å². The molecule has 5 heteroatoms. The monoisotopic (exact) mass is 323 g/mol. The molecular formula is C16H17Cl2N2O+. The summed E-state index contributed by atoms with van der Waals surface area (Å²) < 4.78 is 5.83. The van der Waals surface area contributed by atoms with Gasteiger partial charge in [-0.15, -0.1) is 0 Å². The van der Waals surface area contributed by atoms with Gasteiger partial charge in [0, 0.05) is 23.7 Å². The number of rotatable bonds is 4. The minimum Gasteiger partial charge on any atom is -0.490 e. The first-order chi connectivity index (χ1) is 10.2. The lowest BCUT2D eigenvalue weighted by Gasteiger charge is -2.13. The zero-order valence-electron chi connectivity index (χ0n) is 11.5. The summed E-state index contributed by atoms with van der Waals surface area (Å²) in [5.74, 6) is 0.741. The van der Waals surface area contributed by atoms with Crippen LogP contribution in [0.25, 0.3) is 11.1 Å². The molecule has 1 N–H and O–H groups in total. The molecular weight excluding hydrogens is 307 g/mol. The quantitative estimate of drug-likeness (QED) is 0.877. The van der Waals surface area contributed by atoms with Gasteiger partial charge in [-0.3, -0.25) is 0 Å². The molecule has 1 atom stereocenters. The molecule has 1 saturated heterocycles. The van der Waals surface area contributed by atoms with Crippen LogP contribution in [0.2, 0.25) is 10.2 Å². The van der Waals surface area contributed by atoms with Gasteiger partial charge in [0.15, 0.2) is 11.6 Å². The van der Waals surface area contributed by atoms with Crippen LogP contribution in [0.3, 0.4) is 0 Å². The van der Waals surface area contributed by atoms with Gasteiger partial charge in [0.1, 0.15) is 17.5 Å². The lowest BCUT2D eigenvalue weighted by atomic mass is 10.1. The third-order valence-electron chi connectivity index (χ3n) is 3.59. The molecule has 0 saturated carbocycles. The fourth-order valence-electron chi connectivity index (χ4n) is 2.44. The summed E-state index contributed by atoms with van der Waals surface area (Å²) in [5.41, 5.74) is 1.86. The van der Waals surface area contributed by atoms with Crippen molar-refractivity contribution < 1.29 is 16.3 Å². The van der Waals surface area contributed by atoms with Gasteiger partial charge >= 0.3 is 0 Å². The number of benzene rings is 1. The molecule has 3 nitrogen and oxygen atoms in total. The molecule has 0 aliphatic carbocycles. The summed E-state index contributed by atoms with van der Waals surface area (Å²) in [6.45, 7) is 1.74. The van der Waals surface area contributed by atoms with E-state index in [1.54, 1.807) is 6.20 Å². The highest BCUT2D eigenvalue weighted by Crippen LogP contribution is 2.30. The fourth-order valence-corrected chi connectivity index (χ4v) is 2.79. The molecule has 1 aromatic heterocycles. The second kappa shape index (κ2) is 6.65. The summed E-state index contributed by atoms with van der Waals surface area (Å²) >= 11 is 11.3. The van der Waals surface area contributed by atoms with Crippen LogP contribution in [0, 0.1) is 11.6 Å². The third kappa shape index (κ3) is 3.67. The molecule has 1 aliphatic rings. The normalized spacial score (nSPS) is 17.9. The molecule has 1 aliphatic heterocycles. The maximum atomic E-state index is 6.19. The van der Waals surface area contributed by atoms with Gasteiger partial charge in [-0.25, -0.2) is 4.98 Å². The minimum absolute atomic E-state index is 0.434. The largest absolute Gasteiger partial charge is 0.490 e. The fraction of sp³-hybridized carbons (Fsp3) is 0.312. The van der Waals surface area contributed by atoms with Crippen LogP contribution in [0.4, 0.5) is 0 Å². The van der Waals surface area contributed by atoms with E-state index in [2.05, 4.69) is 10.3 Å². The topological polar surface area (TPSA) is 34.1 Å². The van der Waals surface area contributed by atoms with E-state index in [0.29, 0.717) is 17.8 Å². The van der Waals surface area contributed by atoms with E-state index in [0.717, 1.165) is 34.9 Å². The first-order valence-corrected chi connectivity index (χ1v) is 7.80. The van der Waals surface area contributed by atoms with Gasteiger partial charge in [0.05, 0.1) is 6.20 Å². The Hall–Kier alpha value is -1.29. The van der Waals surface area contributed by atoms with Crippen molar-refractivity contribution in [3.63, 3.8) is 0 Å². The number of nitrogens with zero attached hydrogens (tertiary/aromatic N) is 1. The molecule has 0 amide bonds. The highest BCUT2D eigenvalue weighted by molar-refractivity contribution is 6.32. The Balaban J connectivity index is 1.77. The number of ether oxygens (including phenoxy) is 1. The Morgan fingerprint density at radius 2 is 2.14 bits per heavy atom. The Morgan fingerprint density at radius 3 is 2.86 bits per heavy atom. The summed E-state index contributed by atoms with van der Waals surface area (Å²) in [7, 11) is 0. The molecule has 1 fully saturated rings. The molecule has 0 bridgehead atoms. The zero-order valence-corrected chi connectivity index (χ0v) is 13.1. The standard InChI is InChI=1S/C16H17Cl2N2O/c17-12-5-3-11(4-6-12)15-8-14(9-20-16(15)18)21-10-13-2-1-7-19-13/h3-6,8-9,13,17,19H,1-2,7,10H2/q+1/t13-/m0/s1. The van der Waals surface area contributed by atoms with Crippen molar-refractivity contribution in [3.05, 3.63) is 46.7 Å². The first kappa shape index (κ1) is 14.6. The highest BCUT2D eigenvalue weighted by Gasteiger charge is 2.15. The molecule has 21 heavy (non-hydrogen) atoms. The van der Waals surface area contributed by atoms with Gasteiger partial charge in [-0.05, 0) is 43.1 Å². The van der Waals surface area contributed by atoms with E-state index in [1.807, 2.05) is 30.3 Å². The third-order valence-corrected chi connectivity index (χ3v) is 4.17. The Labute approximate surface area is 134 Å². The van der Waals surface area contributed by atoms with E-state index < -0.39 is 0 Å². The van der Waals surface area contributed by atoms with Crippen molar-refractivity contribution >= 4 is 11.6 Å². The summed E-state index contributed by atoms with van der Waals surface area (Å²) in [6, 6.07) is 10.0. The Morgan fingerprint density at radius 1 is 1.33 bits per heavy atom. The summed E-state index contributed by atoms with van der Waals surface area (Å²) in [6.07, 6.45) is 4.04. The van der Waals surface area contributed by atoms with Crippen LogP contribution in [0.15, 0.2) is 36.5 Å². The second-order valence-corrected chi connectivity index (χ2v) is 5.97. The minimum atomic E-state index is 0.434. The average Bonchev–Trinajstić information content (AvgIpc) is 3.01. The molecule has 1 aromatic carbocycles. The second-order valence-electron chi connectivity index (χ2n) is 5.14. The first-order valence-electron chi connectivity index (χ1n) is 7.01. The molecule has 2 heterocycles. The van der Waals surface area contributed by atoms with Crippen molar-refractivity contribution in [1.82, 2.24) is 10.3 Å². The van der Waals surface area contributed by atoms with Gasteiger partial charge in [0.25, 0.3) is 0 Å². The predicted octanol–water partition coefficient (Wildman–Crippen LogP) is 3.23. The van der Waals surface area contributed by atoms with E-state index in [9.17, 15) is 0 Å². The van der Waals surface area contributed by atoms with Crippen molar-refractivity contribution in [1.29, 1.82) is 0 Å². The molecule has 0 spiro atoms. The van der Waals surface area contributed by atoms with E-state index in [1.165, 1.54) is 6.42 Å². The summed E-state index contributed by atoms with van der Waals surface area (Å²) in [5, 5.41) is 4.69. The van der Waals surface area contributed by atoms with E-state index in [4.69, 9.17) is 27.9 Å². The number of hydrogen-bond donors (Lipinski definition) is 1. The molecule has 110 valence electrons. The lowest BCUT2D eigenvalue weighted by Crippen LogP contribution is -2.28. The number of nitrogens with one attached hydrogen (secondary N) is 1. The number of pyridine rings is 1.